The maximum Gasteiger partial charge on any atom is 0.243 e. The van der Waals surface area contributed by atoms with E-state index < -0.39 is 28.5 Å². The van der Waals surface area contributed by atoms with E-state index in [1.165, 1.54) is 36.2 Å². The number of carbonyl (C=O) groups is 2. The largest absolute Gasteiger partial charge is 0.352 e. The number of likely N-dealkylation sites (N-methyl/N-ethyl adjacent to an activating group) is 1. The van der Waals surface area contributed by atoms with Crippen LogP contribution in [0.4, 0.5) is 0 Å². The molecule has 2 amide bonds. The van der Waals surface area contributed by atoms with Crippen molar-refractivity contribution < 1.29 is 18.0 Å². The molecule has 0 heterocycles. The summed E-state index contributed by atoms with van der Waals surface area (Å²) in [5, 5.41) is 3.99. The van der Waals surface area contributed by atoms with E-state index in [1.54, 1.807) is 25.1 Å². The van der Waals surface area contributed by atoms with Crippen molar-refractivity contribution >= 4 is 56.6 Å². The summed E-state index contributed by atoms with van der Waals surface area (Å²) in [6.07, 6.45) is 0.323. The minimum Gasteiger partial charge on any atom is -0.352 e. The molecule has 34 heavy (non-hydrogen) atoms. The molecule has 7 nitrogen and oxygen atoms in total. The summed E-state index contributed by atoms with van der Waals surface area (Å²) in [6.45, 7) is 4.95. The Morgan fingerprint density at radius 1 is 1.00 bits per heavy atom. The van der Waals surface area contributed by atoms with Crippen LogP contribution in [-0.2, 0) is 26.2 Å². The molecule has 0 aliphatic carbocycles. The van der Waals surface area contributed by atoms with Gasteiger partial charge in [-0.3, -0.25) is 9.59 Å². The number of amides is 2. The standard InChI is InChI=1S/C23H28Cl3N3O4S/c1-5-21(23(31)27-15(2)3)29(13-16-6-7-18(25)12-20(16)26)22(30)14-28(4)34(32,33)19-10-8-17(24)9-11-19/h6-12,15,21H,5,13-14H2,1-4H3,(H,27,31)/t21-/m1/s1. The summed E-state index contributed by atoms with van der Waals surface area (Å²) in [4.78, 5) is 27.7. The van der Waals surface area contributed by atoms with Gasteiger partial charge in [-0.15, -0.1) is 0 Å². The van der Waals surface area contributed by atoms with Gasteiger partial charge in [-0.2, -0.15) is 4.31 Å². The average Bonchev–Trinajstić information content (AvgIpc) is 2.74. The average molecular weight is 549 g/mol. The van der Waals surface area contributed by atoms with Gasteiger partial charge in [0.2, 0.25) is 21.8 Å². The van der Waals surface area contributed by atoms with E-state index in [4.69, 9.17) is 34.8 Å². The molecule has 0 saturated carbocycles. The van der Waals surface area contributed by atoms with Gasteiger partial charge < -0.3 is 10.2 Å². The van der Waals surface area contributed by atoms with E-state index in [-0.39, 0.29) is 23.4 Å². The second kappa shape index (κ2) is 12.2. The van der Waals surface area contributed by atoms with E-state index >= 15 is 0 Å². The second-order valence-corrected chi connectivity index (χ2v) is 11.4. The van der Waals surface area contributed by atoms with Crippen LogP contribution in [0.25, 0.3) is 0 Å². The lowest BCUT2D eigenvalue weighted by Gasteiger charge is -2.32. The van der Waals surface area contributed by atoms with Gasteiger partial charge in [0.1, 0.15) is 6.04 Å². The minimum absolute atomic E-state index is 0.00379. The Morgan fingerprint density at radius 2 is 1.59 bits per heavy atom. The van der Waals surface area contributed by atoms with Crippen molar-refractivity contribution in [3.63, 3.8) is 0 Å². The first kappa shape index (κ1) is 28.4. The van der Waals surface area contributed by atoms with E-state index in [0.717, 1.165) is 4.31 Å². The summed E-state index contributed by atoms with van der Waals surface area (Å²) in [6, 6.07) is 9.56. The van der Waals surface area contributed by atoms with Crippen molar-refractivity contribution in [3.05, 3.63) is 63.1 Å². The van der Waals surface area contributed by atoms with Crippen LogP contribution in [0.2, 0.25) is 15.1 Å². The molecule has 2 rings (SSSR count). The molecular formula is C23H28Cl3N3O4S. The summed E-state index contributed by atoms with van der Waals surface area (Å²) >= 11 is 18.2. The van der Waals surface area contributed by atoms with Gasteiger partial charge in [0.25, 0.3) is 0 Å². The Morgan fingerprint density at radius 3 is 2.12 bits per heavy atom. The zero-order valence-electron chi connectivity index (χ0n) is 19.4. The molecule has 0 aromatic heterocycles. The van der Waals surface area contributed by atoms with Gasteiger partial charge >= 0.3 is 0 Å². The first-order chi connectivity index (χ1) is 15.9. The van der Waals surface area contributed by atoms with E-state index in [1.807, 2.05) is 13.8 Å². The van der Waals surface area contributed by atoms with E-state index in [2.05, 4.69) is 5.32 Å². The summed E-state index contributed by atoms with van der Waals surface area (Å²) in [7, 11) is -2.65. The van der Waals surface area contributed by atoms with Crippen molar-refractivity contribution in [1.82, 2.24) is 14.5 Å². The van der Waals surface area contributed by atoms with Crippen LogP contribution in [0.15, 0.2) is 47.4 Å². The van der Waals surface area contributed by atoms with Crippen LogP contribution < -0.4 is 5.32 Å². The van der Waals surface area contributed by atoms with Gasteiger partial charge in [-0.1, -0.05) is 47.8 Å². The van der Waals surface area contributed by atoms with Crippen molar-refractivity contribution in [2.24, 2.45) is 0 Å². The molecule has 11 heteroatoms. The zero-order valence-corrected chi connectivity index (χ0v) is 22.5. The monoisotopic (exact) mass is 547 g/mol. The molecule has 2 aromatic rings. The minimum atomic E-state index is -3.96. The Bertz CT molecular complexity index is 1120. The SMILES string of the molecule is CC[C@H](C(=O)NC(C)C)N(Cc1ccc(Cl)cc1Cl)C(=O)CN(C)S(=O)(=O)c1ccc(Cl)cc1. The number of nitrogens with one attached hydrogen (secondary N) is 1. The number of carbonyl (C=O) groups excluding carboxylic acids is 2. The maximum absolute atomic E-state index is 13.4. The highest BCUT2D eigenvalue weighted by Crippen LogP contribution is 2.24. The molecule has 0 spiro atoms. The lowest BCUT2D eigenvalue weighted by molar-refractivity contribution is -0.141. The molecule has 1 N–H and O–H groups in total. The van der Waals surface area contributed by atoms with Gasteiger partial charge in [0, 0.05) is 34.7 Å². The molecule has 1 atom stereocenters. The number of rotatable bonds is 10. The predicted octanol–water partition coefficient (Wildman–Crippen LogP) is 4.60. The number of sulfonamides is 1. The summed E-state index contributed by atoms with van der Waals surface area (Å²) in [5.41, 5.74) is 0.582. The topological polar surface area (TPSA) is 86.8 Å². The fourth-order valence-electron chi connectivity index (χ4n) is 3.29. The third kappa shape index (κ3) is 7.33. The molecule has 0 unspecified atom stereocenters. The van der Waals surface area contributed by atoms with Gasteiger partial charge in [0.15, 0.2) is 0 Å². The van der Waals surface area contributed by atoms with E-state index in [0.29, 0.717) is 27.1 Å². The lowest BCUT2D eigenvalue weighted by atomic mass is 10.1. The fourth-order valence-corrected chi connectivity index (χ4v) is 5.00. The van der Waals surface area contributed by atoms with Gasteiger partial charge in [0.05, 0.1) is 11.4 Å². The zero-order chi connectivity index (χ0) is 25.6. The van der Waals surface area contributed by atoms with Crippen LogP contribution in [0.3, 0.4) is 0 Å². The smallest absolute Gasteiger partial charge is 0.243 e. The molecule has 0 aliphatic heterocycles. The first-order valence-corrected chi connectivity index (χ1v) is 13.2. The van der Waals surface area contributed by atoms with Gasteiger partial charge in [-0.25, -0.2) is 8.42 Å². The molecule has 0 saturated heterocycles. The highest BCUT2D eigenvalue weighted by Gasteiger charge is 2.32. The third-order valence-corrected chi connectivity index (χ3v) is 7.71. The van der Waals surface area contributed by atoms with Crippen LogP contribution in [0.5, 0.6) is 0 Å². The van der Waals surface area contributed by atoms with Crippen LogP contribution in [0, 0.1) is 0 Å². The first-order valence-electron chi connectivity index (χ1n) is 10.6. The highest BCUT2D eigenvalue weighted by molar-refractivity contribution is 7.89. The molecule has 2 aromatic carbocycles. The van der Waals surface area contributed by atoms with E-state index in [9.17, 15) is 18.0 Å². The Kier molecular flexibility index (Phi) is 10.2. The molecule has 0 fully saturated rings. The number of hydrogen-bond acceptors (Lipinski definition) is 4. The normalized spacial score (nSPS) is 12.6. The second-order valence-electron chi connectivity index (χ2n) is 8.06. The Labute approximate surface area is 216 Å². The van der Waals surface area contributed by atoms with Crippen LogP contribution >= 0.6 is 34.8 Å². The van der Waals surface area contributed by atoms with Crippen molar-refractivity contribution in [3.8, 4) is 0 Å². The fraction of sp³-hybridized carbons (Fsp3) is 0.391. The van der Waals surface area contributed by atoms with Crippen molar-refractivity contribution in [2.75, 3.05) is 13.6 Å². The highest BCUT2D eigenvalue weighted by atomic mass is 35.5. The lowest BCUT2D eigenvalue weighted by Crippen LogP contribution is -2.52. The quantitative estimate of drug-likeness (QED) is 0.470. The Balaban J connectivity index is 2.36. The molecule has 0 bridgehead atoms. The number of benzene rings is 2. The third-order valence-electron chi connectivity index (χ3n) is 5.05. The van der Waals surface area contributed by atoms with Crippen LogP contribution in [-0.4, -0.2) is 55.1 Å². The van der Waals surface area contributed by atoms with Crippen molar-refractivity contribution in [1.29, 1.82) is 0 Å². The Hall–Kier alpha value is -1.84. The molecule has 0 aliphatic rings. The van der Waals surface area contributed by atoms with Crippen LogP contribution in [0.1, 0.15) is 32.8 Å². The summed E-state index contributed by atoms with van der Waals surface area (Å²) in [5.74, 6) is -0.879. The molecular weight excluding hydrogens is 521 g/mol. The number of halogens is 3. The predicted molar refractivity (Wildman–Crippen MR) is 136 cm³/mol. The van der Waals surface area contributed by atoms with Crippen molar-refractivity contribution in [2.45, 2.75) is 50.7 Å². The maximum atomic E-state index is 13.4. The summed E-state index contributed by atoms with van der Waals surface area (Å²) < 4.78 is 26.9. The molecule has 186 valence electrons. The molecule has 0 radical (unpaired) electrons. The number of nitrogens with zero attached hydrogens (tertiary/aromatic N) is 2. The number of hydrogen-bond donors (Lipinski definition) is 1. The van der Waals surface area contributed by atoms with Gasteiger partial charge in [-0.05, 0) is 62.2 Å².